The van der Waals surface area contributed by atoms with E-state index in [-0.39, 0.29) is 5.82 Å². The normalized spacial score (nSPS) is 14.3. The smallest absolute Gasteiger partial charge is 0.159 e. The van der Waals surface area contributed by atoms with E-state index in [9.17, 15) is 4.39 Å². The molecule has 1 aliphatic heterocycles. The highest BCUT2D eigenvalue weighted by Gasteiger charge is 2.17. The summed E-state index contributed by atoms with van der Waals surface area (Å²) in [7, 11) is 0. The molecule has 0 amide bonds. The van der Waals surface area contributed by atoms with E-state index in [0.717, 1.165) is 36.0 Å². The lowest BCUT2D eigenvalue weighted by atomic mass is 10.0. The molecule has 4 aromatic heterocycles. The fraction of sp³-hybridized carbons (Fsp3) is 0.130. The summed E-state index contributed by atoms with van der Waals surface area (Å²) in [5, 5.41) is 11.7. The van der Waals surface area contributed by atoms with E-state index in [4.69, 9.17) is 4.98 Å². The van der Waals surface area contributed by atoms with Gasteiger partial charge in [-0.2, -0.15) is 5.10 Å². The maximum Gasteiger partial charge on any atom is 0.159 e. The third-order valence-electron chi connectivity index (χ3n) is 5.57. The van der Waals surface area contributed by atoms with Crippen molar-refractivity contribution >= 4 is 27.6 Å². The van der Waals surface area contributed by atoms with Crippen molar-refractivity contribution < 1.29 is 4.39 Å². The van der Waals surface area contributed by atoms with Gasteiger partial charge in [-0.1, -0.05) is 18.2 Å². The van der Waals surface area contributed by atoms with Gasteiger partial charge in [-0.15, -0.1) is 0 Å². The number of aromatic nitrogens is 6. The number of aromatic amines is 2. The molecule has 7 nitrogen and oxygen atoms in total. The van der Waals surface area contributed by atoms with Crippen molar-refractivity contribution in [1.29, 1.82) is 0 Å². The number of rotatable bonds is 3. The van der Waals surface area contributed by atoms with Crippen LogP contribution in [-0.2, 0) is 0 Å². The van der Waals surface area contributed by atoms with Crippen LogP contribution in [0.4, 0.5) is 4.39 Å². The Morgan fingerprint density at radius 3 is 2.84 bits per heavy atom. The second kappa shape index (κ2) is 7.10. The molecular formula is C23H18FN7. The van der Waals surface area contributed by atoms with Crippen molar-refractivity contribution in [3.8, 4) is 22.8 Å². The van der Waals surface area contributed by atoms with Crippen LogP contribution in [0.1, 0.15) is 12.0 Å². The van der Waals surface area contributed by atoms with Gasteiger partial charge in [0.05, 0.1) is 16.6 Å². The van der Waals surface area contributed by atoms with Gasteiger partial charge < -0.3 is 10.3 Å². The van der Waals surface area contributed by atoms with Crippen LogP contribution < -0.4 is 5.32 Å². The van der Waals surface area contributed by atoms with E-state index >= 15 is 0 Å². The molecule has 5 aromatic rings. The van der Waals surface area contributed by atoms with Crippen LogP contribution >= 0.6 is 0 Å². The number of benzene rings is 1. The Morgan fingerprint density at radius 2 is 1.97 bits per heavy atom. The number of H-pyrrole nitrogens is 2. The van der Waals surface area contributed by atoms with Crippen LogP contribution in [0.25, 0.3) is 50.4 Å². The molecule has 0 aliphatic carbocycles. The third kappa shape index (κ3) is 3.08. The molecule has 1 aliphatic rings. The molecule has 0 spiro atoms. The Labute approximate surface area is 176 Å². The fourth-order valence-electron chi connectivity index (χ4n) is 4.04. The average molecular weight is 411 g/mol. The summed E-state index contributed by atoms with van der Waals surface area (Å²) in [5.74, 6) is 0.307. The minimum Gasteiger partial charge on any atom is -0.336 e. The summed E-state index contributed by atoms with van der Waals surface area (Å²) in [5.41, 5.74) is 6.56. The summed E-state index contributed by atoms with van der Waals surface area (Å²) in [6, 6.07) is 10.3. The van der Waals surface area contributed by atoms with Crippen molar-refractivity contribution in [3.63, 3.8) is 0 Å². The Balaban J connectivity index is 1.49. The highest BCUT2D eigenvalue weighted by Crippen LogP contribution is 2.31. The second-order valence-corrected chi connectivity index (χ2v) is 7.53. The highest BCUT2D eigenvalue weighted by atomic mass is 19.1. The van der Waals surface area contributed by atoms with Crippen LogP contribution in [0, 0.1) is 5.82 Å². The van der Waals surface area contributed by atoms with Gasteiger partial charge in [-0.05, 0) is 48.4 Å². The van der Waals surface area contributed by atoms with Gasteiger partial charge in [-0.25, -0.2) is 14.4 Å². The Hall–Kier alpha value is -3.91. The van der Waals surface area contributed by atoms with Gasteiger partial charge in [0.15, 0.2) is 11.5 Å². The molecule has 0 atom stereocenters. The molecule has 1 aromatic carbocycles. The number of pyridine rings is 2. The quantitative estimate of drug-likeness (QED) is 0.416. The minimum atomic E-state index is -0.309. The van der Waals surface area contributed by atoms with Gasteiger partial charge >= 0.3 is 0 Å². The van der Waals surface area contributed by atoms with E-state index < -0.39 is 0 Å². The molecule has 0 saturated carbocycles. The van der Waals surface area contributed by atoms with Crippen molar-refractivity contribution in [2.75, 3.05) is 13.1 Å². The van der Waals surface area contributed by atoms with Crippen molar-refractivity contribution in [2.24, 2.45) is 0 Å². The number of imidazole rings is 1. The molecule has 152 valence electrons. The lowest BCUT2D eigenvalue weighted by molar-refractivity contribution is 0.628. The van der Waals surface area contributed by atoms with Gasteiger partial charge in [-0.3, -0.25) is 10.1 Å². The average Bonchev–Trinajstić information content (AvgIpc) is 3.43. The van der Waals surface area contributed by atoms with Crippen LogP contribution in [0.5, 0.6) is 0 Å². The van der Waals surface area contributed by atoms with Gasteiger partial charge in [0.2, 0.25) is 0 Å². The molecular weight excluding hydrogens is 393 g/mol. The van der Waals surface area contributed by atoms with E-state index in [1.54, 1.807) is 12.3 Å². The predicted octanol–water partition coefficient (Wildman–Crippen LogP) is 4.08. The summed E-state index contributed by atoms with van der Waals surface area (Å²) in [6.07, 6.45) is 6.74. The zero-order valence-electron chi connectivity index (χ0n) is 16.5. The van der Waals surface area contributed by atoms with Gasteiger partial charge in [0.1, 0.15) is 17.0 Å². The van der Waals surface area contributed by atoms with Crippen LogP contribution in [0.3, 0.4) is 0 Å². The monoisotopic (exact) mass is 411 g/mol. The number of fused-ring (bicyclic) bond motifs is 2. The van der Waals surface area contributed by atoms with E-state index in [1.807, 2.05) is 18.3 Å². The standard InChI is InChI=1S/C23H18FN7/c24-16-3-1-2-14(10-16)19-21-18(6-9-26-19)28-23(29-21)20-17-11-15(12-27-22(17)31-30-20)13-4-7-25-8-5-13/h1-4,6,9-12,25H,5,7-8H2,(H,28,29)(H,27,30,31). The first-order chi connectivity index (χ1) is 15.3. The van der Waals surface area contributed by atoms with Crippen molar-refractivity contribution in [3.05, 3.63) is 66.2 Å². The second-order valence-electron chi connectivity index (χ2n) is 7.53. The Kier molecular flexibility index (Phi) is 4.10. The molecule has 0 radical (unpaired) electrons. The molecule has 0 bridgehead atoms. The SMILES string of the molecule is Fc1cccc(-c2nccc3[nH]c(-c4n[nH]c5ncc(C6=CCNCC6)cc45)nc23)c1. The lowest BCUT2D eigenvalue weighted by Gasteiger charge is -2.13. The maximum atomic E-state index is 13.8. The van der Waals surface area contributed by atoms with E-state index in [2.05, 4.69) is 42.6 Å². The van der Waals surface area contributed by atoms with Gasteiger partial charge in [0, 0.05) is 24.5 Å². The van der Waals surface area contributed by atoms with Crippen molar-refractivity contribution in [2.45, 2.75) is 6.42 Å². The number of nitrogens with one attached hydrogen (secondary N) is 3. The molecule has 0 fully saturated rings. The maximum absolute atomic E-state index is 13.8. The molecule has 5 heterocycles. The first-order valence-corrected chi connectivity index (χ1v) is 10.1. The van der Waals surface area contributed by atoms with E-state index in [0.29, 0.717) is 33.9 Å². The zero-order valence-corrected chi connectivity index (χ0v) is 16.5. The third-order valence-corrected chi connectivity index (χ3v) is 5.57. The van der Waals surface area contributed by atoms with Crippen LogP contribution in [0.2, 0.25) is 0 Å². The number of nitrogens with zero attached hydrogens (tertiary/aromatic N) is 4. The van der Waals surface area contributed by atoms with Crippen LogP contribution in [-0.4, -0.2) is 43.2 Å². The molecule has 0 saturated heterocycles. The highest BCUT2D eigenvalue weighted by molar-refractivity contribution is 5.95. The zero-order chi connectivity index (χ0) is 20.8. The number of hydrogen-bond donors (Lipinski definition) is 3. The summed E-state index contributed by atoms with van der Waals surface area (Å²) < 4.78 is 13.8. The number of halogens is 1. The minimum absolute atomic E-state index is 0.309. The molecule has 3 N–H and O–H groups in total. The summed E-state index contributed by atoms with van der Waals surface area (Å²) >= 11 is 0. The topological polar surface area (TPSA) is 95.2 Å². The van der Waals surface area contributed by atoms with Crippen LogP contribution in [0.15, 0.2) is 54.9 Å². The Bertz CT molecular complexity index is 1460. The fourth-order valence-corrected chi connectivity index (χ4v) is 4.04. The number of hydrogen-bond acceptors (Lipinski definition) is 5. The molecule has 8 heteroatoms. The predicted molar refractivity (Wildman–Crippen MR) is 118 cm³/mol. The first-order valence-electron chi connectivity index (χ1n) is 10.1. The summed E-state index contributed by atoms with van der Waals surface area (Å²) in [4.78, 5) is 17.1. The largest absolute Gasteiger partial charge is 0.336 e. The molecule has 6 rings (SSSR count). The van der Waals surface area contributed by atoms with Gasteiger partial charge in [0.25, 0.3) is 0 Å². The first kappa shape index (κ1) is 17.9. The molecule has 31 heavy (non-hydrogen) atoms. The summed E-state index contributed by atoms with van der Waals surface area (Å²) in [6.45, 7) is 1.83. The van der Waals surface area contributed by atoms with E-state index in [1.165, 1.54) is 17.7 Å². The Morgan fingerprint density at radius 1 is 1.00 bits per heavy atom. The molecule has 0 unspecified atom stereocenters. The lowest BCUT2D eigenvalue weighted by Crippen LogP contribution is -2.20. The van der Waals surface area contributed by atoms with Crippen molar-refractivity contribution in [1.82, 2.24) is 35.5 Å².